The molecule has 6 nitrogen and oxygen atoms in total. The monoisotopic (exact) mass is 362 g/mol. The summed E-state index contributed by atoms with van der Waals surface area (Å²) in [6.07, 6.45) is -3.30. The maximum absolute atomic E-state index is 13.0. The highest BCUT2D eigenvalue weighted by Crippen LogP contribution is 2.23. The second-order valence-corrected chi connectivity index (χ2v) is 6.36. The number of piperazine rings is 2. The standard InChI is InChI=1S/C15H22F4N6/c1-9-6-22-15(25-5-3-21-11(8-25)13(18)19)23-14(9)24-4-2-20-10(7-24)12(16)17/h6,10-13,20-21H,2-5,7-8H2,1H3. The van der Waals surface area contributed by atoms with Crippen molar-refractivity contribution in [3.05, 3.63) is 11.8 Å². The second-order valence-electron chi connectivity index (χ2n) is 6.36. The molecule has 0 amide bonds. The normalized spacial score (nSPS) is 25.1. The highest BCUT2D eigenvalue weighted by molar-refractivity contribution is 5.50. The molecule has 1 aromatic heterocycles. The van der Waals surface area contributed by atoms with Crippen molar-refractivity contribution in [3.63, 3.8) is 0 Å². The van der Waals surface area contributed by atoms with Gasteiger partial charge < -0.3 is 20.4 Å². The molecule has 1 aromatic rings. The summed E-state index contributed by atoms with van der Waals surface area (Å²) >= 11 is 0. The number of aryl methyl sites for hydroxylation is 1. The van der Waals surface area contributed by atoms with Crippen LogP contribution in [0.3, 0.4) is 0 Å². The lowest BCUT2D eigenvalue weighted by atomic mass is 10.2. The van der Waals surface area contributed by atoms with Gasteiger partial charge in [-0.25, -0.2) is 22.5 Å². The van der Waals surface area contributed by atoms with Gasteiger partial charge in [-0.05, 0) is 6.92 Å². The van der Waals surface area contributed by atoms with Gasteiger partial charge in [-0.3, -0.25) is 0 Å². The van der Waals surface area contributed by atoms with Crippen LogP contribution in [0.4, 0.5) is 29.3 Å². The molecule has 0 bridgehead atoms. The lowest BCUT2D eigenvalue weighted by Gasteiger charge is -2.36. The molecule has 2 aliphatic heterocycles. The maximum atomic E-state index is 13.0. The molecule has 2 unspecified atom stereocenters. The lowest BCUT2D eigenvalue weighted by Crippen LogP contribution is -2.55. The van der Waals surface area contributed by atoms with E-state index in [4.69, 9.17) is 0 Å². The molecular formula is C15H22F4N6. The first-order valence-electron chi connectivity index (χ1n) is 8.32. The topological polar surface area (TPSA) is 56.3 Å². The van der Waals surface area contributed by atoms with Gasteiger partial charge in [-0.2, -0.15) is 4.98 Å². The Bertz CT molecular complexity index is 587. The average Bonchev–Trinajstić information content (AvgIpc) is 2.62. The van der Waals surface area contributed by atoms with E-state index in [1.807, 2.05) is 6.92 Å². The minimum Gasteiger partial charge on any atom is -0.353 e. The van der Waals surface area contributed by atoms with Crippen molar-refractivity contribution in [2.24, 2.45) is 0 Å². The lowest BCUT2D eigenvalue weighted by molar-refractivity contribution is 0.0956. The molecule has 2 aliphatic rings. The molecule has 3 heterocycles. The fourth-order valence-corrected chi connectivity index (χ4v) is 3.16. The van der Waals surface area contributed by atoms with E-state index in [1.54, 1.807) is 16.0 Å². The zero-order valence-corrected chi connectivity index (χ0v) is 13.9. The third kappa shape index (κ3) is 4.12. The smallest absolute Gasteiger partial charge is 0.255 e. The van der Waals surface area contributed by atoms with E-state index in [9.17, 15) is 17.6 Å². The Hall–Kier alpha value is -1.68. The van der Waals surface area contributed by atoms with Crippen molar-refractivity contribution in [3.8, 4) is 0 Å². The molecule has 0 spiro atoms. The SMILES string of the molecule is Cc1cnc(N2CCNC(C(F)F)C2)nc1N1CCNC(C(F)F)C1. The first-order valence-corrected chi connectivity index (χ1v) is 8.32. The van der Waals surface area contributed by atoms with E-state index >= 15 is 0 Å². The number of hydrogen-bond donors (Lipinski definition) is 2. The summed E-state index contributed by atoms with van der Waals surface area (Å²) in [6.45, 7) is 4.02. The molecule has 2 atom stereocenters. The Labute approximate surface area is 143 Å². The third-order valence-corrected chi connectivity index (χ3v) is 4.53. The van der Waals surface area contributed by atoms with Crippen LogP contribution < -0.4 is 20.4 Å². The minimum atomic E-state index is -2.47. The number of hydrogen-bond acceptors (Lipinski definition) is 6. The Morgan fingerprint density at radius 3 is 2.16 bits per heavy atom. The summed E-state index contributed by atoms with van der Waals surface area (Å²) in [5.41, 5.74) is 0.777. The summed E-state index contributed by atoms with van der Waals surface area (Å²) in [5.74, 6) is 0.948. The number of alkyl halides is 4. The van der Waals surface area contributed by atoms with Crippen LogP contribution in [0.1, 0.15) is 5.56 Å². The number of rotatable bonds is 4. The summed E-state index contributed by atoms with van der Waals surface area (Å²) < 4.78 is 51.9. The largest absolute Gasteiger partial charge is 0.353 e. The maximum Gasteiger partial charge on any atom is 0.255 e. The van der Waals surface area contributed by atoms with Crippen LogP contribution in [0.5, 0.6) is 0 Å². The van der Waals surface area contributed by atoms with Gasteiger partial charge in [0.1, 0.15) is 5.82 Å². The van der Waals surface area contributed by atoms with Crippen molar-refractivity contribution in [2.45, 2.75) is 31.9 Å². The molecule has 2 N–H and O–H groups in total. The van der Waals surface area contributed by atoms with Crippen LogP contribution in [0.15, 0.2) is 6.20 Å². The minimum absolute atomic E-state index is 0.112. The fraction of sp³-hybridized carbons (Fsp3) is 0.733. The predicted molar refractivity (Wildman–Crippen MR) is 86.8 cm³/mol. The fourth-order valence-electron chi connectivity index (χ4n) is 3.16. The van der Waals surface area contributed by atoms with Crippen molar-refractivity contribution in [1.82, 2.24) is 20.6 Å². The molecular weight excluding hydrogens is 340 g/mol. The Morgan fingerprint density at radius 2 is 1.56 bits per heavy atom. The number of aromatic nitrogens is 2. The van der Waals surface area contributed by atoms with E-state index in [0.717, 1.165) is 5.56 Å². The zero-order chi connectivity index (χ0) is 18.0. The Morgan fingerprint density at radius 1 is 1.00 bits per heavy atom. The van der Waals surface area contributed by atoms with Gasteiger partial charge >= 0.3 is 0 Å². The van der Waals surface area contributed by atoms with Gasteiger partial charge in [0.05, 0.1) is 12.1 Å². The van der Waals surface area contributed by atoms with Gasteiger partial charge in [-0.15, -0.1) is 0 Å². The molecule has 3 rings (SSSR count). The number of nitrogens with zero attached hydrogens (tertiary/aromatic N) is 4. The summed E-state index contributed by atoms with van der Waals surface area (Å²) in [5, 5.41) is 5.57. The first kappa shape index (κ1) is 18.1. The van der Waals surface area contributed by atoms with E-state index in [2.05, 4.69) is 20.6 Å². The van der Waals surface area contributed by atoms with Crippen LogP contribution >= 0.6 is 0 Å². The molecule has 0 aromatic carbocycles. The zero-order valence-electron chi connectivity index (χ0n) is 13.9. The summed E-state index contributed by atoms with van der Waals surface area (Å²) in [4.78, 5) is 12.3. The molecule has 2 saturated heterocycles. The number of halogens is 4. The van der Waals surface area contributed by atoms with Crippen LogP contribution in [0.25, 0.3) is 0 Å². The highest BCUT2D eigenvalue weighted by atomic mass is 19.3. The Kier molecular flexibility index (Phi) is 5.57. The number of nitrogens with one attached hydrogen (secondary N) is 2. The molecule has 10 heteroatoms. The van der Waals surface area contributed by atoms with E-state index in [-0.39, 0.29) is 13.1 Å². The van der Waals surface area contributed by atoms with Gasteiger partial charge in [0, 0.05) is 51.0 Å². The third-order valence-electron chi connectivity index (χ3n) is 4.53. The van der Waals surface area contributed by atoms with E-state index < -0.39 is 24.9 Å². The molecule has 2 fully saturated rings. The van der Waals surface area contributed by atoms with Gasteiger partial charge in [-0.1, -0.05) is 0 Å². The van der Waals surface area contributed by atoms with Crippen molar-refractivity contribution < 1.29 is 17.6 Å². The van der Waals surface area contributed by atoms with Crippen LogP contribution in [0.2, 0.25) is 0 Å². The van der Waals surface area contributed by atoms with E-state index in [1.165, 1.54) is 0 Å². The predicted octanol–water partition coefficient (Wildman–Crippen LogP) is 0.872. The van der Waals surface area contributed by atoms with Gasteiger partial charge in [0.25, 0.3) is 12.9 Å². The van der Waals surface area contributed by atoms with Crippen LogP contribution in [-0.2, 0) is 0 Å². The highest BCUT2D eigenvalue weighted by Gasteiger charge is 2.30. The first-order chi connectivity index (χ1) is 12.0. The Balaban J connectivity index is 1.78. The van der Waals surface area contributed by atoms with Crippen molar-refractivity contribution >= 4 is 11.8 Å². The molecule has 140 valence electrons. The average molecular weight is 362 g/mol. The quantitative estimate of drug-likeness (QED) is 0.776. The van der Waals surface area contributed by atoms with E-state index in [0.29, 0.717) is 37.9 Å². The molecule has 25 heavy (non-hydrogen) atoms. The van der Waals surface area contributed by atoms with Crippen LogP contribution in [0, 0.1) is 6.92 Å². The number of anilines is 2. The van der Waals surface area contributed by atoms with Crippen molar-refractivity contribution in [1.29, 1.82) is 0 Å². The summed E-state index contributed by atoms with van der Waals surface area (Å²) in [6, 6.07) is -1.83. The second kappa shape index (κ2) is 7.69. The molecule has 0 aliphatic carbocycles. The van der Waals surface area contributed by atoms with Crippen LogP contribution in [-0.4, -0.2) is 74.2 Å². The summed E-state index contributed by atoms with van der Waals surface area (Å²) in [7, 11) is 0. The molecule has 0 radical (unpaired) electrons. The van der Waals surface area contributed by atoms with Gasteiger partial charge in [0.2, 0.25) is 5.95 Å². The van der Waals surface area contributed by atoms with Gasteiger partial charge in [0.15, 0.2) is 0 Å². The molecule has 0 saturated carbocycles. The van der Waals surface area contributed by atoms with Crippen molar-refractivity contribution in [2.75, 3.05) is 49.1 Å².